The van der Waals surface area contributed by atoms with Crippen molar-refractivity contribution in [3.63, 3.8) is 0 Å². The molecule has 0 spiro atoms. The third-order valence-corrected chi connectivity index (χ3v) is 3.56. The first-order chi connectivity index (χ1) is 5.68. The van der Waals surface area contributed by atoms with Gasteiger partial charge in [-0.15, -0.1) is 11.3 Å². The number of aryl methyl sites for hydroxylation is 1. The molecule has 0 atom stereocenters. The summed E-state index contributed by atoms with van der Waals surface area (Å²) in [6.07, 6.45) is 2.72. The first-order valence-electron chi connectivity index (χ1n) is 4.40. The van der Waals surface area contributed by atoms with E-state index in [9.17, 15) is 0 Å². The predicted molar refractivity (Wildman–Crippen MR) is 50.4 cm³/mol. The van der Waals surface area contributed by atoms with Crippen LogP contribution in [0.4, 0.5) is 0 Å². The van der Waals surface area contributed by atoms with E-state index < -0.39 is 0 Å². The van der Waals surface area contributed by atoms with Gasteiger partial charge < -0.3 is 4.57 Å². The van der Waals surface area contributed by atoms with Crippen LogP contribution in [0, 0.1) is 25.2 Å². The topological polar surface area (TPSA) is 28.8 Å². The van der Waals surface area contributed by atoms with Gasteiger partial charge in [0.25, 0.3) is 0 Å². The molecule has 1 aliphatic carbocycles. The van der Waals surface area contributed by atoms with Crippen LogP contribution in [0.3, 0.4) is 0 Å². The summed E-state index contributed by atoms with van der Waals surface area (Å²) in [5, 5.41) is 7.74. The molecule has 0 bridgehead atoms. The maximum absolute atomic E-state index is 7.74. The Hall–Kier alpha value is -0.570. The fourth-order valence-electron chi connectivity index (χ4n) is 1.39. The molecule has 0 aliphatic heterocycles. The van der Waals surface area contributed by atoms with Crippen LogP contribution >= 0.6 is 11.3 Å². The minimum Gasteiger partial charge on any atom is -0.321 e. The summed E-state index contributed by atoms with van der Waals surface area (Å²) in [6.45, 7) is 5.29. The van der Waals surface area contributed by atoms with E-state index in [2.05, 4.69) is 18.4 Å². The minimum atomic E-state index is 0.719. The zero-order valence-electron chi connectivity index (χ0n) is 7.55. The molecule has 12 heavy (non-hydrogen) atoms. The van der Waals surface area contributed by atoms with E-state index in [1.54, 1.807) is 11.3 Å². The molecule has 0 unspecified atom stereocenters. The van der Waals surface area contributed by atoms with Gasteiger partial charge >= 0.3 is 0 Å². The van der Waals surface area contributed by atoms with Gasteiger partial charge in [0.2, 0.25) is 0 Å². The monoisotopic (exact) mass is 182 g/mol. The average Bonchev–Trinajstić information content (AvgIpc) is 2.77. The molecule has 1 aliphatic rings. The van der Waals surface area contributed by atoms with E-state index >= 15 is 0 Å². The molecule has 1 heterocycles. The summed E-state index contributed by atoms with van der Waals surface area (Å²) < 4.78 is 2.15. The van der Waals surface area contributed by atoms with E-state index in [0.717, 1.165) is 17.3 Å². The lowest BCUT2D eigenvalue weighted by Crippen LogP contribution is -2.15. The molecule has 0 radical (unpaired) electrons. The van der Waals surface area contributed by atoms with E-state index in [4.69, 9.17) is 5.41 Å². The molecule has 66 valence electrons. The fourth-order valence-corrected chi connectivity index (χ4v) is 2.26. The molecular formula is C9H14N2S. The van der Waals surface area contributed by atoms with Crippen molar-refractivity contribution in [2.75, 3.05) is 0 Å². The molecule has 0 aromatic carbocycles. The van der Waals surface area contributed by atoms with Crippen LogP contribution in [-0.2, 0) is 6.54 Å². The van der Waals surface area contributed by atoms with Gasteiger partial charge in [-0.25, -0.2) is 0 Å². The van der Waals surface area contributed by atoms with Crippen molar-refractivity contribution in [3.8, 4) is 0 Å². The van der Waals surface area contributed by atoms with Gasteiger partial charge in [0.1, 0.15) is 0 Å². The molecule has 1 saturated carbocycles. The highest BCUT2D eigenvalue weighted by atomic mass is 32.1. The van der Waals surface area contributed by atoms with Gasteiger partial charge in [-0.05, 0) is 32.6 Å². The van der Waals surface area contributed by atoms with Gasteiger partial charge in [-0.3, -0.25) is 5.41 Å². The summed E-state index contributed by atoms with van der Waals surface area (Å²) in [6, 6.07) is 0. The first-order valence-corrected chi connectivity index (χ1v) is 5.21. The van der Waals surface area contributed by atoms with Crippen LogP contribution in [0.15, 0.2) is 0 Å². The minimum absolute atomic E-state index is 0.719. The maximum Gasteiger partial charge on any atom is 0.182 e. The van der Waals surface area contributed by atoms with Gasteiger partial charge in [0.15, 0.2) is 4.80 Å². The highest BCUT2D eigenvalue weighted by Crippen LogP contribution is 2.30. The van der Waals surface area contributed by atoms with Crippen LogP contribution < -0.4 is 4.80 Å². The largest absolute Gasteiger partial charge is 0.321 e. The summed E-state index contributed by atoms with van der Waals surface area (Å²) in [5.41, 5.74) is 1.29. The Morgan fingerprint density at radius 3 is 2.58 bits per heavy atom. The standard InChI is InChI=1S/C9H14N2S/c1-6-7(2)12-9(10)11(6)5-8-3-4-8/h8,10H,3-5H2,1-2H3. The van der Waals surface area contributed by atoms with Crippen molar-refractivity contribution in [2.24, 2.45) is 5.92 Å². The van der Waals surface area contributed by atoms with Crippen LogP contribution in [0.2, 0.25) is 0 Å². The number of aromatic nitrogens is 1. The predicted octanol–water partition coefficient (Wildman–Crippen LogP) is 2.06. The fraction of sp³-hybridized carbons (Fsp3) is 0.667. The Kier molecular flexibility index (Phi) is 1.83. The Labute approximate surface area is 76.4 Å². The molecule has 0 saturated heterocycles. The van der Waals surface area contributed by atoms with E-state index in [1.165, 1.54) is 23.4 Å². The number of hydrogen-bond acceptors (Lipinski definition) is 2. The highest BCUT2D eigenvalue weighted by molar-refractivity contribution is 7.09. The third-order valence-electron chi connectivity index (χ3n) is 2.55. The zero-order valence-corrected chi connectivity index (χ0v) is 8.37. The van der Waals surface area contributed by atoms with Crippen molar-refractivity contribution in [3.05, 3.63) is 15.4 Å². The van der Waals surface area contributed by atoms with E-state index in [0.29, 0.717) is 0 Å². The lowest BCUT2D eigenvalue weighted by Gasteiger charge is -2.03. The molecule has 1 aromatic rings. The quantitative estimate of drug-likeness (QED) is 0.725. The zero-order chi connectivity index (χ0) is 8.72. The molecule has 2 nitrogen and oxygen atoms in total. The number of hydrogen-bond donors (Lipinski definition) is 1. The van der Waals surface area contributed by atoms with Gasteiger partial charge in [-0.1, -0.05) is 0 Å². The number of thiazole rings is 1. The van der Waals surface area contributed by atoms with Crippen LogP contribution in [0.25, 0.3) is 0 Å². The number of nitrogens with zero attached hydrogens (tertiary/aromatic N) is 1. The molecule has 3 heteroatoms. The van der Waals surface area contributed by atoms with E-state index in [1.807, 2.05) is 0 Å². The van der Waals surface area contributed by atoms with Crippen LogP contribution in [-0.4, -0.2) is 4.57 Å². The number of rotatable bonds is 2. The van der Waals surface area contributed by atoms with Crippen LogP contribution in [0.1, 0.15) is 23.4 Å². The molecule has 1 N–H and O–H groups in total. The Balaban J connectivity index is 2.33. The number of nitrogens with one attached hydrogen (secondary N) is 1. The van der Waals surface area contributed by atoms with Crippen molar-refractivity contribution >= 4 is 11.3 Å². The smallest absolute Gasteiger partial charge is 0.182 e. The molecule has 0 amide bonds. The lowest BCUT2D eigenvalue weighted by molar-refractivity contribution is 0.592. The average molecular weight is 182 g/mol. The van der Waals surface area contributed by atoms with Crippen LogP contribution in [0.5, 0.6) is 0 Å². The molecule has 1 aromatic heterocycles. The van der Waals surface area contributed by atoms with Crippen molar-refractivity contribution in [1.29, 1.82) is 5.41 Å². The van der Waals surface area contributed by atoms with Gasteiger partial charge in [0.05, 0.1) is 0 Å². The summed E-state index contributed by atoms with van der Waals surface area (Å²) in [4.78, 5) is 2.01. The highest BCUT2D eigenvalue weighted by Gasteiger charge is 2.22. The SMILES string of the molecule is Cc1sc(=N)n(CC2CC2)c1C. The van der Waals surface area contributed by atoms with Crippen molar-refractivity contribution in [1.82, 2.24) is 4.57 Å². The summed E-state index contributed by atoms with van der Waals surface area (Å²) in [5.74, 6) is 0.867. The summed E-state index contributed by atoms with van der Waals surface area (Å²) >= 11 is 1.60. The van der Waals surface area contributed by atoms with Gasteiger partial charge in [0, 0.05) is 17.1 Å². The molecule has 1 fully saturated rings. The third kappa shape index (κ3) is 1.33. The second-order valence-corrected chi connectivity index (χ2v) is 4.81. The lowest BCUT2D eigenvalue weighted by atomic mass is 10.3. The Bertz CT molecular complexity index is 344. The van der Waals surface area contributed by atoms with Crippen molar-refractivity contribution < 1.29 is 0 Å². The first kappa shape index (κ1) is 8.05. The molecular weight excluding hydrogens is 168 g/mol. The normalized spacial score (nSPS) is 16.8. The Morgan fingerprint density at radius 1 is 1.50 bits per heavy atom. The van der Waals surface area contributed by atoms with E-state index in [-0.39, 0.29) is 0 Å². The molecule has 2 rings (SSSR count). The van der Waals surface area contributed by atoms with Crippen molar-refractivity contribution in [2.45, 2.75) is 33.2 Å². The second kappa shape index (κ2) is 2.73. The summed E-state index contributed by atoms with van der Waals surface area (Å²) in [7, 11) is 0. The van der Waals surface area contributed by atoms with Gasteiger partial charge in [-0.2, -0.15) is 0 Å². The Morgan fingerprint density at radius 2 is 2.17 bits per heavy atom. The second-order valence-electron chi connectivity index (χ2n) is 3.60. The maximum atomic E-state index is 7.74.